The zero-order valence-corrected chi connectivity index (χ0v) is 37.6. The van der Waals surface area contributed by atoms with Crippen LogP contribution in [0.15, 0.2) is 85.1 Å². The number of rotatable bonds is 41. The summed E-state index contributed by atoms with van der Waals surface area (Å²) in [6.07, 6.45) is 58.0. The number of unbranched alkanes of at least 4 members (excludes halogenated alkanes) is 21. The van der Waals surface area contributed by atoms with Crippen LogP contribution in [0.5, 0.6) is 0 Å². The Bertz CT molecular complexity index is 1130. The van der Waals surface area contributed by atoms with Crippen molar-refractivity contribution in [1.29, 1.82) is 0 Å². The van der Waals surface area contributed by atoms with E-state index in [1.165, 1.54) is 103 Å². The molecule has 0 aromatic heterocycles. The molecule has 0 aromatic carbocycles. The molecule has 6 nitrogen and oxygen atoms in total. The molecule has 0 aromatic rings. The van der Waals surface area contributed by atoms with Crippen molar-refractivity contribution >= 4 is 11.9 Å². The maximum atomic E-state index is 13.1. The Morgan fingerprint density at radius 3 is 1.50 bits per heavy atom. The minimum Gasteiger partial charge on any atom is -0.461 e. The average Bonchev–Trinajstić information content (AvgIpc) is 3.22. The molecule has 0 bridgehead atoms. The Labute approximate surface area is 357 Å². The molecule has 58 heavy (non-hydrogen) atoms. The van der Waals surface area contributed by atoms with Crippen molar-refractivity contribution in [3.05, 3.63) is 85.1 Å². The van der Waals surface area contributed by atoms with Gasteiger partial charge in [0.05, 0.1) is 25.2 Å². The van der Waals surface area contributed by atoms with Gasteiger partial charge in [0.2, 0.25) is 5.91 Å². The number of hydrogen-bond donors (Lipinski definition) is 3. The van der Waals surface area contributed by atoms with Crippen molar-refractivity contribution in [3.8, 4) is 0 Å². The summed E-state index contributed by atoms with van der Waals surface area (Å²) in [7, 11) is 0. The van der Waals surface area contributed by atoms with Gasteiger partial charge in [-0.1, -0.05) is 228 Å². The average molecular weight is 808 g/mol. The lowest BCUT2D eigenvalue weighted by Crippen LogP contribution is -2.46. The fraction of sp³-hybridized carbons (Fsp3) is 0.692. The highest BCUT2D eigenvalue weighted by Gasteiger charge is 2.23. The maximum Gasteiger partial charge on any atom is 0.306 e. The first-order valence-electron chi connectivity index (χ1n) is 23.9. The lowest BCUT2D eigenvalue weighted by atomic mass is 10.0. The van der Waals surface area contributed by atoms with Crippen molar-refractivity contribution in [2.24, 2.45) is 0 Å². The van der Waals surface area contributed by atoms with E-state index in [2.05, 4.69) is 56.5 Å². The number of aliphatic hydroxyl groups excluding tert-OH is 2. The third-order valence-electron chi connectivity index (χ3n) is 10.4. The molecule has 0 saturated carbocycles. The van der Waals surface area contributed by atoms with Gasteiger partial charge < -0.3 is 20.3 Å². The van der Waals surface area contributed by atoms with Crippen molar-refractivity contribution in [2.45, 2.75) is 225 Å². The molecule has 0 spiro atoms. The van der Waals surface area contributed by atoms with Gasteiger partial charge in [0, 0.05) is 12.8 Å². The van der Waals surface area contributed by atoms with Gasteiger partial charge in [-0.25, -0.2) is 0 Å². The smallest absolute Gasteiger partial charge is 0.306 e. The number of allylic oxidation sites excluding steroid dienone is 13. The maximum absolute atomic E-state index is 13.1. The molecule has 6 heteroatoms. The second-order valence-electron chi connectivity index (χ2n) is 15.9. The molecule has 0 rings (SSSR count). The van der Waals surface area contributed by atoms with Gasteiger partial charge in [-0.2, -0.15) is 0 Å². The Hall–Kier alpha value is -2.96. The summed E-state index contributed by atoms with van der Waals surface area (Å²) in [5.41, 5.74) is 0. The molecule has 3 unspecified atom stereocenters. The number of amides is 1. The zero-order chi connectivity index (χ0) is 42.4. The number of ether oxygens (including phenoxy) is 1. The fourth-order valence-electron chi connectivity index (χ4n) is 6.74. The summed E-state index contributed by atoms with van der Waals surface area (Å²) in [5.74, 6) is -0.627. The predicted octanol–water partition coefficient (Wildman–Crippen LogP) is 14.0. The van der Waals surface area contributed by atoms with E-state index >= 15 is 0 Å². The van der Waals surface area contributed by atoms with E-state index < -0.39 is 18.2 Å². The monoisotopic (exact) mass is 808 g/mol. The van der Waals surface area contributed by atoms with Gasteiger partial charge in [-0.3, -0.25) is 9.59 Å². The van der Waals surface area contributed by atoms with Gasteiger partial charge >= 0.3 is 5.97 Å². The van der Waals surface area contributed by atoms with Crippen LogP contribution in [0, 0.1) is 0 Å². The van der Waals surface area contributed by atoms with E-state index in [0.717, 1.165) is 57.8 Å². The fourth-order valence-corrected chi connectivity index (χ4v) is 6.74. The molecule has 3 N–H and O–H groups in total. The molecule has 3 atom stereocenters. The van der Waals surface area contributed by atoms with E-state index in [9.17, 15) is 19.8 Å². The number of carbonyl (C=O) groups excluding carboxylic acids is 2. The molecule has 1 amide bonds. The van der Waals surface area contributed by atoms with E-state index in [-0.39, 0.29) is 24.9 Å². The van der Waals surface area contributed by atoms with Crippen LogP contribution in [-0.4, -0.2) is 46.9 Å². The second-order valence-corrected chi connectivity index (χ2v) is 15.9. The SMILES string of the molecule is CC/C=C/C=C/C=C\C=C/C=C/CC(CC(=O)NC(CO)C(O)CCCCCCCCCCCCCCC)OC(=O)CCCCCCCC/C=C/C=C/CCCCC. The van der Waals surface area contributed by atoms with E-state index in [0.29, 0.717) is 19.3 Å². The summed E-state index contributed by atoms with van der Waals surface area (Å²) in [5, 5.41) is 23.6. The molecule has 332 valence electrons. The summed E-state index contributed by atoms with van der Waals surface area (Å²) in [6, 6.07) is -0.744. The standard InChI is InChI=1S/C52H89NO5/c1-4-7-10-13-16-19-22-24-25-27-30-33-36-39-42-45-52(57)58-48(43-40-37-34-31-28-21-18-15-12-9-6-3)46-51(56)53-49(47-54)50(55)44-41-38-35-32-29-26-23-20-17-14-11-8-5-2/h9,12,15-16,18-19,21-22,24,28,31,34,37,40,48-50,54-55H,4-8,10-11,13-14,17,20,23,25-27,29-30,32-33,35-36,38-39,41-47H2,1-3H3,(H,53,56)/b12-9+,18-15+,19-16+,24-22+,28-21-,34-31-,40-37+. The molecule has 0 aliphatic carbocycles. The summed E-state index contributed by atoms with van der Waals surface area (Å²) in [6.45, 7) is 6.25. The minimum absolute atomic E-state index is 0.0270. The second kappa shape index (κ2) is 45.1. The largest absolute Gasteiger partial charge is 0.461 e. The first kappa shape index (κ1) is 55.0. The van der Waals surface area contributed by atoms with Crippen LogP contribution in [0.4, 0.5) is 0 Å². The normalized spacial score (nSPS) is 14.1. The van der Waals surface area contributed by atoms with Crippen LogP contribution in [0.3, 0.4) is 0 Å². The van der Waals surface area contributed by atoms with Crippen molar-refractivity contribution in [2.75, 3.05) is 6.61 Å². The quantitative estimate of drug-likeness (QED) is 0.0325. The number of nitrogens with one attached hydrogen (secondary N) is 1. The Balaban J connectivity index is 4.71. The first-order chi connectivity index (χ1) is 28.5. The van der Waals surface area contributed by atoms with Crippen molar-refractivity contribution < 1.29 is 24.5 Å². The highest BCUT2D eigenvalue weighted by molar-refractivity contribution is 5.77. The summed E-state index contributed by atoms with van der Waals surface area (Å²) in [4.78, 5) is 26.0. The number of aliphatic hydroxyl groups is 2. The molecule has 0 saturated heterocycles. The third kappa shape index (κ3) is 39.8. The van der Waals surface area contributed by atoms with Crippen LogP contribution < -0.4 is 5.32 Å². The Morgan fingerprint density at radius 2 is 0.966 bits per heavy atom. The highest BCUT2D eigenvalue weighted by atomic mass is 16.5. The first-order valence-corrected chi connectivity index (χ1v) is 23.9. The van der Waals surface area contributed by atoms with Crippen LogP contribution in [0.1, 0.15) is 207 Å². The summed E-state index contributed by atoms with van der Waals surface area (Å²) >= 11 is 0. The summed E-state index contributed by atoms with van der Waals surface area (Å²) < 4.78 is 5.82. The number of carbonyl (C=O) groups is 2. The van der Waals surface area contributed by atoms with E-state index in [1.807, 2.05) is 54.7 Å². The number of esters is 1. The molecular weight excluding hydrogens is 719 g/mol. The molecule has 0 aliphatic rings. The topological polar surface area (TPSA) is 95.9 Å². The Kier molecular flexibility index (Phi) is 42.8. The molecule has 0 fully saturated rings. The van der Waals surface area contributed by atoms with Gasteiger partial charge in [-0.15, -0.1) is 0 Å². The van der Waals surface area contributed by atoms with E-state index in [4.69, 9.17) is 4.74 Å². The molecular formula is C52H89NO5. The lowest BCUT2D eigenvalue weighted by molar-refractivity contribution is -0.150. The predicted molar refractivity (Wildman–Crippen MR) is 250 cm³/mol. The number of hydrogen-bond acceptors (Lipinski definition) is 5. The van der Waals surface area contributed by atoms with Crippen LogP contribution >= 0.6 is 0 Å². The third-order valence-corrected chi connectivity index (χ3v) is 10.4. The molecule has 0 heterocycles. The van der Waals surface area contributed by atoms with E-state index in [1.54, 1.807) is 0 Å². The van der Waals surface area contributed by atoms with Crippen molar-refractivity contribution in [3.63, 3.8) is 0 Å². The molecule has 0 radical (unpaired) electrons. The lowest BCUT2D eigenvalue weighted by Gasteiger charge is -2.24. The van der Waals surface area contributed by atoms with Crippen LogP contribution in [-0.2, 0) is 14.3 Å². The van der Waals surface area contributed by atoms with Crippen LogP contribution in [0.2, 0.25) is 0 Å². The van der Waals surface area contributed by atoms with Crippen LogP contribution in [0.25, 0.3) is 0 Å². The van der Waals surface area contributed by atoms with Crippen molar-refractivity contribution in [1.82, 2.24) is 5.32 Å². The van der Waals surface area contributed by atoms with Gasteiger partial charge in [0.15, 0.2) is 0 Å². The Morgan fingerprint density at radius 1 is 0.534 bits per heavy atom. The van der Waals surface area contributed by atoms with Gasteiger partial charge in [0.25, 0.3) is 0 Å². The van der Waals surface area contributed by atoms with Gasteiger partial charge in [0.1, 0.15) is 6.10 Å². The minimum atomic E-state index is -0.822. The highest BCUT2D eigenvalue weighted by Crippen LogP contribution is 2.16. The van der Waals surface area contributed by atoms with Gasteiger partial charge in [-0.05, 0) is 44.9 Å². The molecule has 0 aliphatic heterocycles. The zero-order valence-electron chi connectivity index (χ0n) is 37.6.